The number of aromatic hydroxyl groups is 1. The molecule has 2 aliphatic heterocycles. The van der Waals surface area contributed by atoms with Gasteiger partial charge in [-0.1, -0.05) is 6.07 Å². The van der Waals surface area contributed by atoms with Gasteiger partial charge in [-0.3, -0.25) is 9.58 Å². The van der Waals surface area contributed by atoms with E-state index in [9.17, 15) is 10.4 Å². The molecule has 0 spiro atoms. The number of benzene rings is 1. The highest BCUT2D eigenvalue weighted by molar-refractivity contribution is 5.67. The number of fused-ring (bicyclic) bond motifs is 2. The average Bonchev–Trinajstić information content (AvgIpc) is 3.75. The summed E-state index contributed by atoms with van der Waals surface area (Å²) in [5, 5.41) is 31.8. The summed E-state index contributed by atoms with van der Waals surface area (Å²) in [7, 11) is 0. The molecule has 7 rings (SSSR count). The molecule has 0 amide bonds. The zero-order valence-corrected chi connectivity index (χ0v) is 24.7. The topological polar surface area (TPSA) is 152 Å². The number of nitrogens with zero attached hydrogens (tertiary/aromatic N) is 9. The van der Waals surface area contributed by atoms with E-state index in [-0.39, 0.29) is 18.0 Å². The second-order valence-corrected chi connectivity index (χ2v) is 12.0. The highest BCUT2D eigenvalue weighted by Crippen LogP contribution is 2.39. The highest BCUT2D eigenvalue weighted by atomic mass is 16.5. The van der Waals surface area contributed by atoms with Gasteiger partial charge in [0.1, 0.15) is 36.3 Å². The summed E-state index contributed by atoms with van der Waals surface area (Å²) < 4.78 is 15.4. The molecule has 1 saturated carbocycles. The molecule has 1 aromatic carbocycles. The average molecular weight is 597 g/mol. The van der Waals surface area contributed by atoms with E-state index in [1.54, 1.807) is 29.5 Å². The molecule has 1 unspecified atom stereocenters. The van der Waals surface area contributed by atoms with E-state index in [2.05, 4.69) is 41.4 Å². The van der Waals surface area contributed by atoms with E-state index in [0.29, 0.717) is 47.6 Å². The number of nitriles is 1. The Morgan fingerprint density at radius 3 is 2.48 bits per heavy atom. The lowest BCUT2D eigenvalue weighted by Gasteiger charge is -2.43. The Kier molecular flexibility index (Phi) is 7.84. The van der Waals surface area contributed by atoms with Gasteiger partial charge in [-0.2, -0.15) is 10.4 Å². The Balaban J connectivity index is 0.981. The van der Waals surface area contributed by atoms with Crippen LogP contribution in [0.15, 0.2) is 49.4 Å². The summed E-state index contributed by atoms with van der Waals surface area (Å²) in [5.41, 5.74) is 2.49. The van der Waals surface area contributed by atoms with Crippen LogP contribution in [-0.4, -0.2) is 82.0 Å². The van der Waals surface area contributed by atoms with Crippen molar-refractivity contribution in [2.24, 2.45) is 0 Å². The third kappa shape index (κ3) is 5.82. The minimum atomic E-state index is -0.231. The summed E-state index contributed by atoms with van der Waals surface area (Å²) >= 11 is 0. The predicted molar refractivity (Wildman–Crippen MR) is 160 cm³/mol. The monoisotopic (exact) mass is 596 g/mol. The molecule has 1 aliphatic carbocycles. The maximum atomic E-state index is 10.6. The van der Waals surface area contributed by atoms with Gasteiger partial charge in [0, 0.05) is 36.1 Å². The number of nitrogens with one attached hydrogen (secondary N) is 1. The molecule has 0 radical (unpaired) electrons. The van der Waals surface area contributed by atoms with Crippen LogP contribution in [0.2, 0.25) is 0 Å². The van der Waals surface area contributed by atoms with Gasteiger partial charge in [-0.05, 0) is 63.1 Å². The Hall–Kier alpha value is -4.54. The fourth-order valence-electron chi connectivity index (χ4n) is 6.93. The third-order valence-electron chi connectivity index (χ3n) is 9.04. The molecule has 3 aliphatic rings. The molecule has 2 bridgehead atoms. The van der Waals surface area contributed by atoms with Crippen LogP contribution in [-0.2, 0) is 11.3 Å². The quantitative estimate of drug-likeness (QED) is 0.288. The van der Waals surface area contributed by atoms with Gasteiger partial charge >= 0.3 is 0 Å². The van der Waals surface area contributed by atoms with E-state index >= 15 is 0 Å². The molecule has 13 heteroatoms. The van der Waals surface area contributed by atoms with Crippen LogP contribution < -0.4 is 10.1 Å². The fourth-order valence-corrected chi connectivity index (χ4v) is 6.93. The minimum absolute atomic E-state index is 0.0695. The molecule has 3 aromatic heterocycles. The summed E-state index contributed by atoms with van der Waals surface area (Å²) in [6, 6.07) is 9.60. The van der Waals surface area contributed by atoms with Crippen LogP contribution >= 0.6 is 0 Å². The molecule has 13 nitrogen and oxygen atoms in total. The number of anilines is 2. The first-order valence-corrected chi connectivity index (χ1v) is 15.3. The molecule has 3 fully saturated rings. The number of aromatic nitrogens is 7. The maximum absolute atomic E-state index is 10.6. The van der Waals surface area contributed by atoms with E-state index < -0.39 is 0 Å². The van der Waals surface area contributed by atoms with Gasteiger partial charge in [-0.15, -0.1) is 5.10 Å². The lowest BCUT2D eigenvalue weighted by atomic mass is 9.89. The smallest absolute Gasteiger partial charge is 0.254 e. The van der Waals surface area contributed by atoms with Crippen molar-refractivity contribution in [3.63, 3.8) is 0 Å². The molecule has 44 heavy (non-hydrogen) atoms. The number of morpholine rings is 1. The number of hydrogen-bond donors (Lipinski definition) is 2. The normalized spacial score (nSPS) is 24.1. The molecular weight excluding hydrogens is 560 g/mol. The maximum Gasteiger partial charge on any atom is 0.254 e. The van der Waals surface area contributed by atoms with Crippen molar-refractivity contribution < 1.29 is 14.6 Å². The van der Waals surface area contributed by atoms with Gasteiger partial charge < -0.3 is 19.9 Å². The van der Waals surface area contributed by atoms with Crippen LogP contribution in [0.4, 0.5) is 11.6 Å². The van der Waals surface area contributed by atoms with Crippen LogP contribution in [0, 0.1) is 11.3 Å². The summed E-state index contributed by atoms with van der Waals surface area (Å²) in [6.45, 7) is 4.15. The number of ether oxygens (including phenoxy) is 2. The fraction of sp³-hybridized carbons (Fsp3) is 0.484. The molecule has 4 aromatic rings. The second kappa shape index (κ2) is 12.2. The Morgan fingerprint density at radius 2 is 1.77 bits per heavy atom. The first-order chi connectivity index (χ1) is 21.5. The lowest BCUT2D eigenvalue weighted by molar-refractivity contribution is -0.0458. The molecule has 2 N–H and O–H groups in total. The summed E-state index contributed by atoms with van der Waals surface area (Å²) in [4.78, 5) is 15.6. The SMILES string of the molecule is CC(Cn1cncn1)Oc1cc(-c2cnc(Nc3cn(C4CCC(N5[C@@H]6CC[C@H]5COC6)CC4)nc3O)nc2)ccc1C#N. The van der Waals surface area contributed by atoms with Crippen LogP contribution in [0.5, 0.6) is 11.6 Å². The predicted octanol–water partition coefficient (Wildman–Crippen LogP) is 4.07. The van der Waals surface area contributed by atoms with E-state index in [4.69, 9.17) is 9.47 Å². The summed E-state index contributed by atoms with van der Waals surface area (Å²) in [5.74, 6) is 0.755. The van der Waals surface area contributed by atoms with E-state index in [0.717, 1.165) is 50.0 Å². The van der Waals surface area contributed by atoms with Gasteiger partial charge in [-0.25, -0.2) is 19.6 Å². The van der Waals surface area contributed by atoms with Gasteiger partial charge in [0.2, 0.25) is 5.95 Å². The van der Waals surface area contributed by atoms with Crippen molar-refractivity contribution in [1.29, 1.82) is 5.26 Å². The highest BCUT2D eigenvalue weighted by Gasteiger charge is 2.42. The molecule has 228 valence electrons. The Labute approximate surface area is 255 Å². The Morgan fingerprint density at radius 1 is 1.05 bits per heavy atom. The third-order valence-corrected chi connectivity index (χ3v) is 9.04. The van der Waals surface area contributed by atoms with Gasteiger partial charge in [0.25, 0.3) is 5.88 Å². The molecule has 3 atom stereocenters. The first-order valence-electron chi connectivity index (χ1n) is 15.3. The lowest BCUT2D eigenvalue weighted by Crippen LogP contribution is -2.52. The zero-order chi connectivity index (χ0) is 30.0. The van der Waals surface area contributed by atoms with Crippen molar-refractivity contribution >= 4 is 11.6 Å². The van der Waals surface area contributed by atoms with Crippen molar-refractivity contribution in [2.45, 2.75) is 82.3 Å². The number of hydrogen-bond acceptors (Lipinski definition) is 11. The standard InChI is InChI=1S/C31H36N10O3/c1-20(14-39-19-33-18-36-39)44-29-10-21(2-3-22(29)11-32)23-12-34-31(35-13-23)37-28-15-40(38-30(28)42)24-4-6-25(7-5-24)41-26-8-9-27(41)17-43-16-26/h2-3,10,12-13,15,18-20,24-27H,4-9,14,16-17H2,1H3,(H,38,42)(H,34,35,37)/t20?,24?,25?,26-,27+. The van der Waals surface area contributed by atoms with E-state index in [1.807, 2.05) is 29.9 Å². The van der Waals surface area contributed by atoms with E-state index in [1.165, 1.54) is 19.2 Å². The van der Waals surface area contributed by atoms with Crippen LogP contribution in [0.25, 0.3) is 11.1 Å². The minimum Gasteiger partial charge on any atom is -0.491 e. The second-order valence-electron chi connectivity index (χ2n) is 12.0. The first kappa shape index (κ1) is 28.2. The van der Waals surface area contributed by atoms with Crippen LogP contribution in [0.1, 0.15) is 57.1 Å². The van der Waals surface area contributed by atoms with Crippen LogP contribution in [0.3, 0.4) is 0 Å². The summed E-state index contributed by atoms with van der Waals surface area (Å²) in [6.07, 6.45) is 14.9. The molecule has 2 saturated heterocycles. The molecule has 5 heterocycles. The van der Waals surface area contributed by atoms with Crippen molar-refractivity contribution in [1.82, 2.24) is 39.4 Å². The Bertz CT molecular complexity index is 1590. The van der Waals surface area contributed by atoms with Gasteiger partial charge in [0.05, 0.1) is 37.6 Å². The van der Waals surface area contributed by atoms with Crippen molar-refractivity contribution in [3.8, 4) is 28.8 Å². The molecular formula is C31H36N10O3. The zero-order valence-electron chi connectivity index (χ0n) is 24.7. The van der Waals surface area contributed by atoms with Gasteiger partial charge in [0.15, 0.2) is 0 Å². The number of rotatable bonds is 9. The largest absolute Gasteiger partial charge is 0.491 e. The van der Waals surface area contributed by atoms with Crippen molar-refractivity contribution in [3.05, 3.63) is 55.0 Å². The van der Waals surface area contributed by atoms with Crippen molar-refractivity contribution in [2.75, 3.05) is 18.5 Å².